The molecule has 8 heteroatoms. The van der Waals surface area contributed by atoms with Gasteiger partial charge in [0.25, 0.3) is 5.91 Å². The zero-order valence-corrected chi connectivity index (χ0v) is 20.0. The summed E-state index contributed by atoms with van der Waals surface area (Å²) in [5.41, 5.74) is 4.63. The molecule has 1 aliphatic rings. The van der Waals surface area contributed by atoms with Gasteiger partial charge in [0.1, 0.15) is 11.4 Å². The number of carbonyl (C=O) groups is 1. The largest absolute Gasteiger partial charge is 0.497 e. The van der Waals surface area contributed by atoms with Gasteiger partial charge in [0, 0.05) is 55.4 Å². The van der Waals surface area contributed by atoms with E-state index in [0.29, 0.717) is 18.8 Å². The van der Waals surface area contributed by atoms with E-state index in [0.717, 1.165) is 72.6 Å². The summed E-state index contributed by atoms with van der Waals surface area (Å²) in [6.07, 6.45) is 4.56. The van der Waals surface area contributed by atoms with Crippen LogP contribution in [0, 0.1) is 0 Å². The number of aromatic nitrogens is 3. The van der Waals surface area contributed by atoms with Crippen molar-refractivity contribution >= 4 is 16.8 Å². The van der Waals surface area contributed by atoms with Crippen LogP contribution >= 0.6 is 0 Å². The maximum Gasteiger partial charge on any atom is 0.270 e. The average molecular weight is 474 g/mol. The van der Waals surface area contributed by atoms with Gasteiger partial charge in [-0.2, -0.15) is 5.10 Å². The number of nitrogens with zero attached hydrogens (tertiary/aromatic N) is 3. The van der Waals surface area contributed by atoms with Crippen molar-refractivity contribution in [3.05, 3.63) is 72.2 Å². The predicted molar refractivity (Wildman–Crippen MR) is 135 cm³/mol. The highest BCUT2D eigenvalue weighted by atomic mass is 16.5. The number of hydrogen-bond donors (Lipinski definition) is 2. The summed E-state index contributed by atoms with van der Waals surface area (Å²) in [6, 6.07) is 16.0. The molecule has 2 aromatic carbocycles. The summed E-state index contributed by atoms with van der Waals surface area (Å²) in [5, 5.41) is 7.89. The lowest BCUT2D eigenvalue weighted by molar-refractivity contribution is 0.0355. The standard InChI is InChI=1S/C27H31N5O3/c1-34-24-5-2-4-20(14-24)19-32(9-3-8-31-10-12-35-13-11-31)27(33)26-16-22-7-6-21(15-25(22)30-26)23-17-28-29-18-23/h2,4-7,14-18,30H,3,8-13,19H2,1H3,(H,28,29). The number of hydrogen-bond acceptors (Lipinski definition) is 5. The number of rotatable bonds is 9. The average Bonchev–Trinajstić information content (AvgIpc) is 3.58. The molecule has 0 unspecified atom stereocenters. The molecular formula is C27H31N5O3. The van der Waals surface area contributed by atoms with Crippen LogP contribution in [0.1, 0.15) is 22.5 Å². The lowest BCUT2D eigenvalue weighted by Crippen LogP contribution is -2.39. The van der Waals surface area contributed by atoms with Crippen LogP contribution in [0.4, 0.5) is 0 Å². The molecule has 4 aromatic rings. The SMILES string of the molecule is COc1cccc(CN(CCCN2CCOCC2)C(=O)c2cc3ccc(-c4cn[nH]c4)cc3[nH]2)c1. The molecule has 0 aliphatic carbocycles. The number of amides is 1. The predicted octanol–water partition coefficient (Wildman–Crippen LogP) is 3.93. The molecule has 0 spiro atoms. The Bertz CT molecular complexity index is 1260. The van der Waals surface area contributed by atoms with E-state index < -0.39 is 0 Å². The zero-order chi connectivity index (χ0) is 24.0. The monoisotopic (exact) mass is 473 g/mol. The Kier molecular flexibility index (Phi) is 7.11. The minimum atomic E-state index is -0.00383. The van der Waals surface area contributed by atoms with Crippen molar-refractivity contribution in [2.75, 3.05) is 46.5 Å². The van der Waals surface area contributed by atoms with Crippen molar-refractivity contribution in [1.29, 1.82) is 0 Å². The summed E-state index contributed by atoms with van der Waals surface area (Å²) in [5.74, 6) is 0.788. The van der Waals surface area contributed by atoms with E-state index in [1.54, 1.807) is 13.3 Å². The van der Waals surface area contributed by atoms with Crippen LogP contribution in [0.2, 0.25) is 0 Å². The Hall–Kier alpha value is -3.62. The molecule has 2 aromatic heterocycles. The highest BCUT2D eigenvalue weighted by Crippen LogP contribution is 2.25. The van der Waals surface area contributed by atoms with E-state index in [-0.39, 0.29) is 5.91 Å². The van der Waals surface area contributed by atoms with Gasteiger partial charge >= 0.3 is 0 Å². The fourth-order valence-corrected chi connectivity index (χ4v) is 4.55. The van der Waals surface area contributed by atoms with E-state index in [1.165, 1.54) is 0 Å². The summed E-state index contributed by atoms with van der Waals surface area (Å²) in [7, 11) is 1.66. The topological polar surface area (TPSA) is 86.5 Å². The summed E-state index contributed by atoms with van der Waals surface area (Å²) in [4.78, 5) is 21.4. The maximum atomic E-state index is 13.7. The molecule has 8 nitrogen and oxygen atoms in total. The molecule has 0 atom stereocenters. The Labute approximate surface area is 204 Å². The Morgan fingerprint density at radius 3 is 2.83 bits per heavy atom. The molecular weight excluding hydrogens is 442 g/mol. The van der Waals surface area contributed by atoms with Gasteiger partial charge in [-0.25, -0.2) is 0 Å². The molecule has 0 bridgehead atoms. The number of aromatic amines is 2. The normalized spacial score (nSPS) is 14.3. The van der Waals surface area contributed by atoms with Gasteiger partial charge in [-0.3, -0.25) is 14.8 Å². The summed E-state index contributed by atoms with van der Waals surface area (Å²) >= 11 is 0. The van der Waals surface area contributed by atoms with E-state index in [4.69, 9.17) is 9.47 Å². The fraction of sp³-hybridized carbons (Fsp3) is 0.333. The van der Waals surface area contributed by atoms with Crippen LogP contribution in [0.5, 0.6) is 5.75 Å². The van der Waals surface area contributed by atoms with Crippen LogP contribution in [0.15, 0.2) is 60.9 Å². The molecule has 2 N–H and O–H groups in total. The van der Waals surface area contributed by atoms with E-state index in [9.17, 15) is 4.79 Å². The van der Waals surface area contributed by atoms with Crippen molar-refractivity contribution < 1.29 is 14.3 Å². The second-order valence-corrected chi connectivity index (χ2v) is 8.86. The first-order valence-corrected chi connectivity index (χ1v) is 12.0. The first-order chi connectivity index (χ1) is 17.2. The second-order valence-electron chi connectivity index (χ2n) is 8.86. The first-order valence-electron chi connectivity index (χ1n) is 12.0. The molecule has 0 saturated carbocycles. The lowest BCUT2D eigenvalue weighted by atomic mass is 10.1. The number of nitrogens with one attached hydrogen (secondary N) is 2. The van der Waals surface area contributed by atoms with Gasteiger partial charge in [0.15, 0.2) is 0 Å². The smallest absolute Gasteiger partial charge is 0.270 e. The van der Waals surface area contributed by atoms with Crippen LogP contribution in [-0.4, -0.2) is 77.4 Å². The van der Waals surface area contributed by atoms with E-state index in [2.05, 4.69) is 26.1 Å². The van der Waals surface area contributed by atoms with Crippen LogP contribution < -0.4 is 4.74 Å². The van der Waals surface area contributed by atoms with Gasteiger partial charge < -0.3 is 19.4 Å². The number of morpholine rings is 1. The molecule has 35 heavy (non-hydrogen) atoms. The molecule has 182 valence electrons. The first kappa shape index (κ1) is 23.1. The highest BCUT2D eigenvalue weighted by molar-refractivity contribution is 5.98. The molecule has 1 saturated heterocycles. The Morgan fingerprint density at radius 2 is 2.03 bits per heavy atom. The van der Waals surface area contributed by atoms with Crippen molar-refractivity contribution in [1.82, 2.24) is 25.0 Å². The van der Waals surface area contributed by atoms with Gasteiger partial charge in [-0.15, -0.1) is 0 Å². The summed E-state index contributed by atoms with van der Waals surface area (Å²) < 4.78 is 10.8. The number of ether oxygens (including phenoxy) is 2. The maximum absolute atomic E-state index is 13.7. The van der Waals surface area contributed by atoms with Crippen LogP contribution in [0.25, 0.3) is 22.0 Å². The molecule has 1 fully saturated rings. The van der Waals surface area contributed by atoms with Crippen molar-refractivity contribution in [3.8, 4) is 16.9 Å². The molecule has 0 radical (unpaired) electrons. The van der Waals surface area contributed by atoms with Gasteiger partial charge in [-0.05, 0) is 41.8 Å². The zero-order valence-electron chi connectivity index (χ0n) is 20.0. The molecule has 5 rings (SSSR count). The molecule has 1 amide bonds. The second kappa shape index (κ2) is 10.8. The third-order valence-corrected chi connectivity index (χ3v) is 6.49. The van der Waals surface area contributed by atoms with Crippen molar-refractivity contribution in [2.45, 2.75) is 13.0 Å². The van der Waals surface area contributed by atoms with Crippen LogP contribution in [-0.2, 0) is 11.3 Å². The van der Waals surface area contributed by atoms with Crippen LogP contribution in [0.3, 0.4) is 0 Å². The van der Waals surface area contributed by atoms with E-state index in [1.807, 2.05) is 53.6 Å². The summed E-state index contributed by atoms with van der Waals surface area (Å²) in [6.45, 7) is 5.60. The van der Waals surface area contributed by atoms with Gasteiger partial charge in [0.2, 0.25) is 0 Å². The van der Waals surface area contributed by atoms with Gasteiger partial charge in [0.05, 0.1) is 26.5 Å². The van der Waals surface area contributed by atoms with Gasteiger partial charge in [-0.1, -0.05) is 24.3 Å². The van der Waals surface area contributed by atoms with E-state index >= 15 is 0 Å². The lowest BCUT2D eigenvalue weighted by Gasteiger charge is -2.28. The highest BCUT2D eigenvalue weighted by Gasteiger charge is 2.20. The number of benzene rings is 2. The quantitative estimate of drug-likeness (QED) is 0.385. The number of carbonyl (C=O) groups excluding carboxylic acids is 1. The van der Waals surface area contributed by atoms with Crippen molar-refractivity contribution in [2.24, 2.45) is 0 Å². The minimum absolute atomic E-state index is 0.00383. The van der Waals surface area contributed by atoms with Crippen molar-refractivity contribution in [3.63, 3.8) is 0 Å². The molecule has 3 heterocycles. The third kappa shape index (κ3) is 5.55. The minimum Gasteiger partial charge on any atom is -0.497 e. The Morgan fingerprint density at radius 1 is 1.14 bits per heavy atom. The third-order valence-electron chi connectivity index (χ3n) is 6.49. The molecule has 1 aliphatic heterocycles. The number of methoxy groups -OCH3 is 1. The number of H-pyrrole nitrogens is 2. The fourth-order valence-electron chi connectivity index (χ4n) is 4.55. The number of fused-ring (bicyclic) bond motifs is 1. The Balaban J connectivity index is 1.35.